The number of alkyl halides is 3. The summed E-state index contributed by atoms with van der Waals surface area (Å²) in [6.07, 6.45) is -2.46. The van der Waals surface area contributed by atoms with Gasteiger partial charge in [-0.05, 0) is 31.5 Å². The maximum Gasteiger partial charge on any atom is 0.416 e. The number of thiazole rings is 1. The van der Waals surface area contributed by atoms with E-state index in [2.05, 4.69) is 15.5 Å². The molecule has 0 radical (unpaired) electrons. The molecule has 1 heterocycles. The second kappa shape index (κ2) is 10.1. The summed E-state index contributed by atoms with van der Waals surface area (Å²) in [6.45, 7) is 4.28. The molecule has 28 heavy (non-hydrogen) atoms. The molecular formula is C18H20F3N3O3S. The van der Waals surface area contributed by atoms with Crippen LogP contribution in [0.5, 0.6) is 5.75 Å². The minimum absolute atomic E-state index is 0.0400. The first kappa shape index (κ1) is 21.7. The Morgan fingerprint density at radius 1 is 1.36 bits per heavy atom. The van der Waals surface area contributed by atoms with Gasteiger partial charge in [-0.1, -0.05) is 6.92 Å². The first-order valence-electron chi connectivity index (χ1n) is 8.56. The van der Waals surface area contributed by atoms with E-state index in [-0.39, 0.29) is 24.6 Å². The van der Waals surface area contributed by atoms with Gasteiger partial charge in [0, 0.05) is 10.9 Å². The normalized spacial score (nSPS) is 11.6. The van der Waals surface area contributed by atoms with E-state index in [1.54, 1.807) is 12.3 Å². The monoisotopic (exact) mass is 415 g/mol. The van der Waals surface area contributed by atoms with Crippen LogP contribution >= 0.6 is 11.3 Å². The Balaban J connectivity index is 2.09. The Hall–Kier alpha value is -2.62. The number of hydrogen-bond donors (Lipinski definition) is 1. The molecule has 0 fully saturated rings. The summed E-state index contributed by atoms with van der Waals surface area (Å²) in [5, 5.41) is 6.02. The van der Waals surface area contributed by atoms with Crippen LogP contribution in [0, 0.1) is 0 Å². The molecule has 0 aliphatic rings. The number of rotatable bonds is 9. The maximum absolute atomic E-state index is 13.0. The fourth-order valence-corrected chi connectivity index (χ4v) is 2.78. The maximum atomic E-state index is 13.0. The lowest BCUT2D eigenvalue weighted by molar-refractivity contribution is -0.142. The van der Waals surface area contributed by atoms with Crippen molar-refractivity contribution < 1.29 is 27.4 Å². The Morgan fingerprint density at radius 3 is 2.82 bits per heavy atom. The van der Waals surface area contributed by atoms with Crippen molar-refractivity contribution in [1.82, 2.24) is 4.98 Å². The van der Waals surface area contributed by atoms with E-state index in [0.717, 1.165) is 18.6 Å². The van der Waals surface area contributed by atoms with Crippen molar-refractivity contribution in [3.63, 3.8) is 0 Å². The minimum Gasteiger partial charge on any atom is -0.493 e. The van der Waals surface area contributed by atoms with E-state index >= 15 is 0 Å². The number of esters is 1. The molecule has 10 heteroatoms. The molecule has 152 valence electrons. The molecule has 1 aromatic carbocycles. The van der Waals surface area contributed by atoms with Gasteiger partial charge >= 0.3 is 12.1 Å². The van der Waals surface area contributed by atoms with Crippen LogP contribution in [0.15, 0.2) is 28.7 Å². The lowest BCUT2D eigenvalue weighted by atomic mass is 10.1. The van der Waals surface area contributed by atoms with Gasteiger partial charge in [0.2, 0.25) is 5.13 Å². The number of hydrazone groups is 1. The molecule has 2 rings (SSSR count). The summed E-state index contributed by atoms with van der Waals surface area (Å²) >= 11 is 1.22. The fraction of sp³-hybridized carbons (Fsp3) is 0.389. The lowest BCUT2D eigenvalue weighted by Gasteiger charge is -2.12. The van der Waals surface area contributed by atoms with Gasteiger partial charge in [0.25, 0.3) is 0 Å². The van der Waals surface area contributed by atoms with Gasteiger partial charge in [-0.3, -0.25) is 10.2 Å². The minimum atomic E-state index is -4.46. The molecule has 6 nitrogen and oxygen atoms in total. The highest BCUT2D eigenvalue weighted by atomic mass is 32.1. The number of nitrogens with one attached hydrogen (secondary N) is 1. The van der Waals surface area contributed by atoms with Crippen LogP contribution in [0.3, 0.4) is 0 Å². The summed E-state index contributed by atoms with van der Waals surface area (Å²) in [7, 11) is 0. The number of ether oxygens (including phenoxy) is 2. The molecule has 0 saturated carbocycles. The van der Waals surface area contributed by atoms with Crippen LogP contribution in [0.4, 0.5) is 18.3 Å². The summed E-state index contributed by atoms with van der Waals surface area (Å²) in [5.41, 5.74) is 2.57. The molecule has 0 bridgehead atoms. The van der Waals surface area contributed by atoms with Gasteiger partial charge in [0.1, 0.15) is 5.75 Å². The number of halogens is 3. The molecule has 0 atom stereocenters. The van der Waals surface area contributed by atoms with Crippen LogP contribution in [0.2, 0.25) is 0 Å². The third-order valence-electron chi connectivity index (χ3n) is 3.35. The zero-order valence-electron chi connectivity index (χ0n) is 15.4. The third-order valence-corrected chi connectivity index (χ3v) is 4.14. The number of carbonyl (C=O) groups is 1. The van der Waals surface area contributed by atoms with E-state index < -0.39 is 11.7 Å². The molecule has 1 N–H and O–H groups in total. The lowest BCUT2D eigenvalue weighted by Crippen LogP contribution is -2.08. The van der Waals surface area contributed by atoms with Gasteiger partial charge in [-0.25, -0.2) is 4.98 Å². The average molecular weight is 415 g/mol. The molecule has 0 saturated heterocycles. The molecule has 2 aromatic rings. The van der Waals surface area contributed by atoms with Crippen LogP contribution in [-0.2, 0) is 22.1 Å². The summed E-state index contributed by atoms with van der Waals surface area (Å²) in [5.74, 6) is -0.0768. The van der Waals surface area contributed by atoms with Gasteiger partial charge in [-0.2, -0.15) is 18.3 Å². The summed E-state index contributed by atoms with van der Waals surface area (Å²) in [4.78, 5) is 15.6. The SMILES string of the molecule is CCCOc1ccc(C(F)(F)F)cc1C=NNc1nc(CC(=O)OCC)cs1. The number of aromatic nitrogens is 1. The highest BCUT2D eigenvalue weighted by Crippen LogP contribution is 2.32. The predicted octanol–water partition coefficient (Wildman–Crippen LogP) is 4.50. The van der Waals surface area contributed by atoms with E-state index in [1.165, 1.54) is 23.6 Å². The second-order valence-electron chi connectivity index (χ2n) is 5.59. The van der Waals surface area contributed by atoms with E-state index in [4.69, 9.17) is 9.47 Å². The van der Waals surface area contributed by atoms with Crippen molar-refractivity contribution >= 4 is 28.7 Å². The van der Waals surface area contributed by atoms with Crippen molar-refractivity contribution in [2.75, 3.05) is 18.6 Å². The second-order valence-corrected chi connectivity index (χ2v) is 6.45. The van der Waals surface area contributed by atoms with Crippen molar-refractivity contribution in [3.8, 4) is 5.75 Å². The molecule has 0 aliphatic carbocycles. The van der Waals surface area contributed by atoms with Crippen LogP contribution in [0.25, 0.3) is 0 Å². The zero-order valence-corrected chi connectivity index (χ0v) is 16.2. The van der Waals surface area contributed by atoms with Crippen molar-refractivity contribution in [3.05, 3.63) is 40.4 Å². The summed E-state index contributed by atoms with van der Waals surface area (Å²) in [6, 6.07) is 3.23. The Labute approximate surface area is 164 Å². The first-order valence-corrected chi connectivity index (χ1v) is 9.44. The Morgan fingerprint density at radius 2 is 2.14 bits per heavy atom. The Kier molecular flexibility index (Phi) is 7.80. The number of nitrogens with zero attached hydrogens (tertiary/aromatic N) is 2. The highest BCUT2D eigenvalue weighted by Gasteiger charge is 2.31. The van der Waals surface area contributed by atoms with Crippen molar-refractivity contribution in [2.45, 2.75) is 32.9 Å². The van der Waals surface area contributed by atoms with Gasteiger partial charge < -0.3 is 9.47 Å². The molecule has 0 amide bonds. The molecular weight excluding hydrogens is 395 g/mol. The number of benzene rings is 1. The average Bonchev–Trinajstić information content (AvgIpc) is 3.07. The fourth-order valence-electron chi connectivity index (χ4n) is 2.13. The van der Waals surface area contributed by atoms with E-state index in [9.17, 15) is 18.0 Å². The predicted molar refractivity (Wildman–Crippen MR) is 101 cm³/mol. The van der Waals surface area contributed by atoms with Gasteiger partial charge in [-0.15, -0.1) is 11.3 Å². The van der Waals surface area contributed by atoms with Crippen molar-refractivity contribution in [1.29, 1.82) is 0 Å². The van der Waals surface area contributed by atoms with Crippen molar-refractivity contribution in [2.24, 2.45) is 5.10 Å². The van der Waals surface area contributed by atoms with Crippen LogP contribution in [0.1, 0.15) is 37.1 Å². The summed E-state index contributed by atoms with van der Waals surface area (Å²) < 4.78 is 49.2. The molecule has 0 aliphatic heterocycles. The molecule has 0 spiro atoms. The van der Waals surface area contributed by atoms with E-state index in [0.29, 0.717) is 23.2 Å². The smallest absolute Gasteiger partial charge is 0.416 e. The first-order chi connectivity index (χ1) is 13.3. The van der Waals surface area contributed by atoms with Gasteiger partial charge in [0.05, 0.1) is 37.1 Å². The standard InChI is InChI=1S/C18H20F3N3O3S/c1-3-7-27-15-6-5-13(18(19,20)21)8-12(15)10-22-24-17-23-14(11-28-17)9-16(25)26-4-2/h5-6,8,10-11H,3-4,7,9H2,1-2H3,(H,23,24). The van der Waals surface area contributed by atoms with E-state index in [1.807, 2.05) is 6.92 Å². The molecule has 1 aromatic heterocycles. The van der Waals surface area contributed by atoms with Crippen LogP contribution < -0.4 is 10.2 Å². The third kappa shape index (κ3) is 6.52. The topological polar surface area (TPSA) is 72.8 Å². The molecule has 0 unspecified atom stereocenters. The zero-order chi connectivity index (χ0) is 20.6. The number of anilines is 1. The highest BCUT2D eigenvalue weighted by molar-refractivity contribution is 7.13. The largest absolute Gasteiger partial charge is 0.493 e. The number of hydrogen-bond acceptors (Lipinski definition) is 7. The quantitative estimate of drug-likeness (QED) is 0.371. The van der Waals surface area contributed by atoms with Crippen LogP contribution in [-0.4, -0.2) is 30.4 Å². The van der Waals surface area contributed by atoms with Gasteiger partial charge in [0.15, 0.2) is 0 Å². The Bertz CT molecular complexity index is 822. The number of carbonyl (C=O) groups excluding carboxylic acids is 1.